The molecule has 0 N–H and O–H groups in total. The zero-order valence-corrected chi connectivity index (χ0v) is 13.8. The summed E-state index contributed by atoms with van der Waals surface area (Å²) in [5, 5.41) is 0. The largest absolute Gasteiger partial charge is 0.485 e. The molecule has 1 heterocycles. The van der Waals surface area contributed by atoms with Crippen LogP contribution in [0.15, 0.2) is 42.0 Å². The van der Waals surface area contributed by atoms with Crippen molar-refractivity contribution in [2.24, 2.45) is 0 Å². The van der Waals surface area contributed by atoms with Gasteiger partial charge >= 0.3 is 5.97 Å². The van der Waals surface area contributed by atoms with Gasteiger partial charge in [-0.1, -0.05) is 19.1 Å². The van der Waals surface area contributed by atoms with Crippen LogP contribution in [-0.4, -0.2) is 24.5 Å². The number of carbonyl (C=O) groups is 2. The second kappa shape index (κ2) is 7.27. The molecule has 0 aliphatic carbocycles. The predicted molar refractivity (Wildman–Crippen MR) is 88.7 cm³/mol. The number of allylic oxidation sites excluding steroid dienone is 1. The van der Waals surface area contributed by atoms with E-state index < -0.39 is 0 Å². The van der Waals surface area contributed by atoms with Crippen molar-refractivity contribution < 1.29 is 19.1 Å². The molecule has 1 aliphatic rings. The number of Topliss-reactive ketones (excluding diaryl/α,β-unsaturated/α-hetero) is 1. The number of carbonyl (C=O) groups excluding carboxylic acids is 2. The zero-order chi connectivity index (χ0) is 17.0. The summed E-state index contributed by atoms with van der Waals surface area (Å²) < 4.78 is 11.0. The number of ether oxygens (including phenoxy) is 2. The van der Waals surface area contributed by atoms with Crippen molar-refractivity contribution in [3.63, 3.8) is 0 Å². The van der Waals surface area contributed by atoms with Crippen molar-refractivity contribution in [1.29, 1.82) is 0 Å². The Morgan fingerprint density at radius 3 is 2.78 bits per heavy atom. The quantitative estimate of drug-likeness (QED) is 0.348. The average molecular weight is 314 g/mol. The van der Waals surface area contributed by atoms with Gasteiger partial charge in [0.25, 0.3) is 0 Å². The molecule has 0 aromatic heterocycles. The van der Waals surface area contributed by atoms with Crippen LogP contribution in [0.2, 0.25) is 0 Å². The fourth-order valence-electron chi connectivity index (χ4n) is 2.30. The van der Waals surface area contributed by atoms with Gasteiger partial charge in [-0.25, -0.2) is 4.79 Å². The maximum Gasteiger partial charge on any atom is 0.331 e. The van der Waals surface area contributed by atoms with Crippen LogP contribution < -0.4 is 4.74 Å². The Bertz CT molecular complexity index is 670. The molecule has 0 saturated carbocycles. The number of hydrogen-bond donors (Lipinski definition) is 0. The van der Waals surface area contributed by atoms with Crippen LogP contribution in [0.3, 0.4) is 0 Å². The molecule has 4 heteroatoms. The third kappa shape index (κ3) is 4.31. The van der Waals surface area contributed by atoms with Crippen LogP contribution in [0.5, 0.6) is 5.75 Å². The van der Waals surface area contributed by atoms with Crippen molar-refractivity contribution in [2.45, 2.75) is 39.7 Å². The molecule has 23 heavy (non-hydrogen) atoms. The minimum absolute atomic E-state index is 0.0297. The highest BCUT2D eigenvalue weighted by Crippen LogP contribution is 2.32. The van der Waals surface area contributed by atoms with E-state index in [1.165, 1.54) is 6.08 Å². The number of esters is 1. The second-order valence-corrected chi connectivity index (χ2v) is 5.80. The Kier molecular flexibility index (Phi) is 5.37. The molecule has 1 aromatic carbocycles. The topological polar surface area (TPSA) is 52.6 Å². The van der Waals surface area contributed by atoms with Crippen LogP contribution in [0.1, 0.15) is 43.1 Å². The zero-order valence-electron chi connectivity index (χ0n) is 13.8. The highest BCUT2D eigenvalue weighted by Gasteiger charge is 2.26. The third-order valence-electron chi connectivity index (χ3n) is 3.92. The summed E-state index contributed by atoms with van der Waals surface area (Å²) in [5.74, 6) is 0.427. The summed E-state index contributed by atoms with van der Waals surface area (Å²) in [5.41, 5.74) is 3.34. The SMILES string of the molecule is C=C(COC(=O)C=C(C)CC)[C@H]1Cc2cc(C(C)=O)ccc2O1. The number of ketones is 1. The Morgan fingerprint density at radius 2 is 2.13 bits per heavy atom. The van der Waals surface area contributed by atoms with Gasteiger partial charge in [-0.05, 0) is 44.0 Å². The smallest absolute Gasteiger partial charge is 0.331 e. The van der Waals surface area contributed by atoms with Gasteiger partial charge in [-0.3, -0.25) is 4.79 Å². The van der Waals surface area contributed by atoms with E-state index in [4.69, 9.17) is 9.47 Å². The van der Waals surface area contributed by atoms with Gasteiger partial charge in [0.2, 0.25) is 0 Å². The fourth-order valence-corrected chi connectivity index (χ4v) is 2.30. The molecular formula is C19H22O4. The molecule has 0 amide bonds. The summed E-state index contributed by atoms with van der Waals surface area (Å²) in [6.07, 6.45) is 2.72. The highest BCUT2D eigenvalue weighted by molar-refractivity contribution is 5.94. The summed E-state index contributed by atoms with van der Waals surface area (Å²) in [7, 11) is 0. The van der Waals surface area contributed by atoms with E-state index in [1.54, 1.807) is 19.1 Å². The monoisotopic (exact) mass is 314 g/mol. The molecule has 0 unspecified atom stereocenters. The molecule has 0 spiro atoms. The van der Waals surface area contributed by atoms with Crippen molar-refractivity contribution in [1.82, 2.24) is 0 Å². The van der Waals surface area contributed by atoms with Gasteiger partial charge in [-0.15, -0.1) is 0 Å². The lowest BCUT2D eigenvalue weighted by Gasteiger charge is -2.13. The molecular weight excluding hydrogens is 292 g/mol. The highest BCUT2D eigenvalue weighted by atomic mass is 16.5. The minimum Gasteiger partial charge on any atom is -0.485 e. The predicted octanol–water partition coefficient (Wildman–Crippen LogP) is 3.65. The molecule has 122 valence electrons. The Labute approximate surface area is 136 Å². The average Bonchev–Trinajstić information content (AvgIpc) is 2.95. The molecule has 2 rings (SSSR count). The van der Waals surface area contributed by atoms with Gasteiger partial charge in [-0.2, -0.15) is 0 Å². The van der Waals surface area contributed by atoms with Crippen LogP contribution in [0, 0.1) is 0 Å². The van der Waals surface area contributed by atoms with Crippen LogP contribution in [0.4, 0.5) is 0 Å². The second-order valence-electron chi connectivity index (χ2n) is 5.80. The van der Waals surface area contributed by atoms with Crippen LogP contribution >= 0.6 is 0 Å². The Morgan fingerprint density at radius 1 is 1.39 bits per heavy atom. The third-order valence-corrected chi connectivity index (χ3v) is 3.92. The first-order valence-corrected chi connectivity index (χ1v) is 7.72. The Hall–Kier alpha value is -2.36. The summed E-state index contributed by atoms with van der Waals surface area (Å²) in [6, 6.07) is 5.41. The van der Waals surface area contributed by atoms with Gasteiger partial charge < -0.3 is 9.47 Å². The van der Waals surface area contributed by atoms with Gasteiger partial charge in [0.15, 0.2) is 5.78 Å². The summed E-state index contributed by atoms with van der Waals surface area (Å²) in [4.78, 5) is 23.1. The molecule has 1 aliphatic heterocycles. The lowest BCUT2D eigenvalue weighted by atomic mass is 10.0. The first-order valence-electron chi connectivity index (χ1n) is 7.72. The van der Waals surface area contributed by atoms with E-state index in [1.807, 2.05) is 19.9 Å². The maximum atomic E-state index is 11.7. The van der Waals surface area contributed by atoms with Crippen LogP contribution in [0.25, 0.3) is 0 Å². The number of rotatable bonds is 6. The lowest BCUT2D eigenvalue weighted by Crippen LogP contribution is -2.20. The summed E-state index contributed by atoms with van der Waals surface area (Å²) in [6.45, 7) is 9.50. The van der Waals surface area contributed by atoms with Gasteiger partial charge in [0.1, 0.15) is 18.5 Å². The van der Waals surface area contributed by atoms with Crippen LogP contribution in [-0.2, 0) is 16.0 Å². The molecule has 1 atom stereocenters. The lowest BCUT2D eigenvalue weighted by molar-refractivity contribution is -0.137. The first-order chi connectivity index (χ1) is 10.9. The maximum absolute atomic E-state index is 11.7. The van der Waals surface area contributed by atoms with Gasteiger partial charge in [0, 0.05) is 23.6 Å². The van der Waals surface area contributed by atoms with E-state index in [0.29, 0.717) is 17.6 Å². The fraction of sp³-hybridized carbons (Fsp3) is 0.368. The molecule has 0 fully saturated rings. The Balaban J connectivity index is 1.93. The first kappa shape index (κ1) is 17.0. The van der Waals surface area contributed by atoms with Crippen molar-refractivity contribution in [3.8, 4) is 5.75 Å². The molecule has 0 bridgehead atoms. The van der Waals surface area contributed by atoms with E-state index in [9.17, 15) is 9.59 Å². The van der Waals surface area contributed by atoms with E-state index in [-0.39, 0.29) is 24.5 Å². The number of fused-ring (bicyclic) bond motifs is 1. The standard InChI is InChI=1S/C19H22O4/c1-5-12(2)8-19(21)22-11-13(3)18-10-16-9-15(14(4)20)6-7-17(16)23-18/h6-9,18H,3,5,10-11H2,1-2,4H3/t18-/m1/s1. The van der Waals surface area contributed by atoms with Crippen molar-refractivity contribution >= 4 is 11.8 Å². The van der Waals surface area contributed by atoms with E-state index >= 15 is 0 Å². The summed E-state index contributed by atoms with van der Waals surface area (Å²) >= 11 is 0. The molecule has 0 saturated heterocycles. The number of benzene rings is 1. The van der Waals surface area contributed by atoms with E-state index in [2.05, 4.69) is 6.58 Å². The van der Waals surface area contributed by atoms with E-state index in [0.717, 1.165) is 23.3 Å². The molecule has 1 aromatic rings. The molecule has 4 nitrogen and oxygen atoms in total. The molecule has 0 radical (unpaired) electrons. The van der Waals surface area contributed by atoms with Crippen molar-refractivity contribution in [3.05, 3.63) is 53.1 Å². The minimum atomic E-state index is -0.361. The number of hydrogen-bond acceptors (Lipinski definition) is 4. The van der Waals surface area contributed by atoms with Crippen molar-refractivity contribution in [2.75, 3.05) is 6.61 Å². The van der Waals surface area contributed by atoms with Gasteiger partial charge in [0.05, 0.1) is 0 Å². The normalized spacial score (nSPS) is 16.5.